The number of ether oxygens (including phenoxy) is 1. The second kappa shape index (κ2) is 9.61. The predicted molar refractivity (Wildman–Crippen MR) is 100 cm³/mol. The van der Waals surface area contributed by atoms with Crippen LogP contribution in [0, 0.1) is 17.0 Å². The van der Waals surface area contributed by atoms with E-state index < -0.39 is 10.5 Å². The smallest absolute Gasteiger partial charge is 0.306 e. The molecule has 0 bridgehead atoms. The van der Waals surface area contributed by atoms with Crippen molar-refractivity contribution in [3.8, 4) is 0 Å². The lowest BCUT2D eigenvalue weighted by Crippen LogP contribution is -2.23. The minimum atomic E-state index is -0.439. The summed E-state index contributed by atoms with van der Waals surface area (Å²) in [4.78, 5) is 22.3. The standard InChI is InChI=1S/C18H27ClN2O4/c1-13-11-16(21(23)24)15(12-14(13)19)20-10-8-6-5-7-9-17(22)25-18(2,3)4/h11-12,20H,5-10H2,1-4H3. The number of carbonyl (C=O) groups excluding carboxylic acids is 1. The van der Waals surface area contributed by atoms with Gasteiger partial charge in [-0.15, -0.1) is 0 Å². The van der Waals surface area contributed by atoms with Gasteiger partial charge in [0.1, 0.15) is 11.3 Å². The number of nitro groups is 1. The van der Waals surface area contributed by atoms with Crippen molar-refractivity contribution in [2.24, 2.45) is 0 Å². The van der Waals surface area contributed by atoms with Crippen molar-refractivity contribution in [3.05, 3.63) is 32.8 Å². The molecule has 0 amide bonds. The fourth-order valence-electron chi connectivity index (χ4n) is 2.32. The zero-order valence-corrected chi connectivity index (χ0v) is 16.1. The van der Waals surface area contributed by atoms with Gasteiger partial charge in [0.25, 0.3) is 5.69 Å². The number of anilines is 1. The first-order valence-corrected chi connectivity index (χ1v) is 8.88. The number of rotatable bonds is 9. The van der Waals surface area contributed by atoms with E-state index in [0.717, 1.165) is 25.7 Å². The Bertz CT molecular complexity index is 612. The van der Waals surface area contributed by atoms with Gasteiger partial charge in [0.15, 0.2) is 0 Å². The fourth-order valence-corrected chi connectivity index (χ4v) is 2.49. The molecule has 0 saturated carbocycles. The normalized spacial score (nSPS) is 11.2. The molecule has 0 radical (unpaired) electrons. The van der Waals surface area contributed by atoms with Gasteiger partial charge in [0.2, 0.25) is 0 Å². The molecule has 0 unspecified atom stereocenters. The van der Waals surface area contributed by atoms with E-state index in [-0.39, 0.29) is 11.7 Å². The van der Waals surface area contributed by atoms with E-state index in [1.807, 2.05) is 20.8 Å². The molecule has 0 aliphatic rings. The predicted octanol–water partition coefficient (Wildman–Crippen LogP) is 5.26. The van der Waals surface area contributed by atoms with Gasteiger partial charge in [0, 0.05) is 24.1 Å². The lowest BCUT2D eigenvalue weighted by molar-refractivity contribution is -0.384. The van der Waals surface area contributed by atoms with Crippen LogP contribution in [0.3, 0.4) is 0 Å². The molecular weight excluding hydrogens is 344 g/mol. The molecule has 0 aliphatic heterocycles. The van der Waals surface area contributed by atoms with Gasteiger partial charge in [-0.2, -0.15) is 0 Å². The van der Waals surface area contributed by atoms with Gasteiger partial charge < -0.3 is 10.1 Å². The number of unbranched alkanes of at least 4 members (excludes halogenated alkanes) is 3. The highest BCUT2D eigenvalue weighted by molar-refractivity contribution is 6.31. The molecule has 0 heterocycles. The number of carbonyl (C=O) groups is 1. The second-order valence-corrected chi connectivity index (χ2v) is 7.46. The summed E-state index contributed by atoms with van der Waals surface area (Å²) in [7, 11) is 0. The third-order valence-electron chi connectivity index (χ3n) is 3.52. The molecule has 1 aromatic carbocycles. The van der Waals surface area contributed by atoms with E-state index in [9.17, 15) is 14.9 Å². The molecule has 25 heavy (non-hydrogen) atoms. The monoisotopic (exact) mass is 370 g/mol. The van der Waals surface area contributed by atoms with E-state index >= 15 is 0 Å². The van der Waals surface area contributed by atoms with Gasteiger partial charge in [-0.1, -0.05) is 24.4 Å². The summed E-state index contributed by atoms with van der Waals surface area (Å²) in [5.41, 5.74) is 0.715. The number of hydrogen-bond acceptors (Lipinski definition) is 5. The second-order valence-electron chi connectivity index (χ2n) is 7.05. The summed E-state index contributed by atoms with van der Waals surface area (Å²) in [5, 5.41) is 14.7. The van der Waals surface area contributed by atoms with E-state index in [1.54, 1.807) is 13.0 Å². The van der Waals surface area contributed by atoms with Crippen molar-refractivity contribution in [1.82, 2.24) is 0 Å². The van der Waals surface area contributed by atoms with Crippen LogP contribution in [0.1, 0.15) is 58.4 Å². The molecule has 6 nitrogen and oxygen atoms in total. The number of aryl methyl sites for hydroxylation is 1. The summed E-state index contributed by atoms with van der Waals surface area (Å²) in [6.07, 6.45) is 3.91. The summed E-state index contributed by atoms with van der Waals surface area (Å²) in [6.45, 7) is 7.92. The van der Waals surface area contributed by atoms with Crippen LogP contribution in [0.15, 0.2) is 12.1 Å². The highest BCUT2D eigenvalue weighted by atomic mass is 35.5. The van der Waals surface area contributed by atoms with Crippen LogP contribution in [0.25, 0.3) is 0 Å². The zero-order chi connectivity index (χ0) is 19.0. The average Bonchev–Trinajstić information content (AvgIpc) is 2.47. The minimum absolute atomic E-state index is 0.0341. The van der Waals surface area contributed by atoms with Gasteiger partial charge in [-0.05, 0) is 52.2 Å². The zero-order valence-electron chi connectivity index (χ0n) is 15.4. The van der Waals surface area contributed by atoms with Crippen LogP contribution in [-0.2, 0) is 9.53 Å². The largest absolute Gasteiger partial charge is 0.460 e. The molecule has 0 aromatic heterocycles. The first kappa shape index (κ1) is 21.2. The van der Waals surface area contributed by atoms with Crippen LogP contribution >= 0.6 is 11.6 Å². The number of nitrogens with zero attached hydrogens (tertiary/aromatic N) is 1. The molecule has 7 heteroatoms. The lowest BCUT2D eigenvalue weighted by Gasteiger charge is -2.19. The van der Waals surface area contributed by atoms with Gasteiger partial charge in [0.05, 0.1) is 4.92 Å². The fraction of sp³-hybridized carbons (Fsp3) is 0.611. The number of nitrogens with one attached hydrogen (secondary N) is 1. The molecule has 0 fully saturated rings. The lowest BCUT2D eigenvalue weighted by atomic mass is 10.1. The van der Waals surface area contributed by atoms with Crippen LogP contribution in [0.5, 0.6) is 0 Å². The quantitative estimate of drug-likeness (QED) is 0.277. The first-order chi connectivity index (χ1) is 11.6. The third kappa shape index (κ3) is 8.20. The minimum Gasteiger partial charge on any atom is -0.460 e. The Morgan fingerprint density at radius 2 is 1.88 bits per heavy atom. The van der Waals surface area contributed by atoms with Crippen LogP contribution in [0.2, 0.25) is 5.02 Å². The first-order valence-electron chi connectivity index (χ1n) is 8.50. The van der Waals surface area contributed by atoms with Crippen LogP contribution in [0.4, 0.5) is 11.4 Å². The molecule has 1 aromatic rings. The van der Waals surface area contributed by atoms with Crippen molar-refractivity contribution < 1.29 is 14.5 Å². The number of hydrogen-bond donors (Lipinski definition) is 1. The molecule has 0 atom stereocenters. The summed E-state index contributed by atoms with van der Waals surface area (Å²) < 4.78 is 5.25. The average molecular weight is 371 g/mol. The highest BCUT2D eigenvalue weighted by Crippen LogP contribution is 2.30. The van der Waals surface area contributed by atoms with E-state index in [1.165, 1.54) is 6.07 Å². The maximum absolute atomic E-state index is 11.6. The molecular formula is C18H27ClN2O4. The highest BCUT2D eigenvalue weighted by Gasteiger charge is 2.16. The molecule has 0 aliphatic carbocycles. The number of esters is 1. The van der Waals surface area contributed by atoms with Crippen molar-refractivity contribution in [1.29, 1.82) is 0 Å². The topological polar surface area (TPSA) is 81.5 Å². The molecule has 0 spiro atoms. The van der Waals surface area contributed by atoms with Crippen molar-refractivity contribution in [2.75, 3.05) is 11.9 Å². The number of benzene rings is 1. The summed E-state index contributed by atoms with van der Waals surface area (Å²) in [5.74, 6) is -0.171. The third-order valence-corrected chi connectivity index (χ3v) is 3.92. The van der Waals surface area contributed by atoms with Crippen molar-refractivity contribution >= 4 is 28.9 Å². The van der Waals surface area contributed by atoms with Crippen LogP contribution < -0.4 is 5.32 Å². The maximum atomic E-state index is 11.6. The molecule has 1 rings (SSSR count). The SMILES string of the molecule is Cc1cc([N+](=O)[O-])c(NCCCCCCC(=O)OC(C)(C)C)cc1Cl. The molecule has 0 saturated heterocycles. The van der Waals surface area contributed by atoms with Crippen LogP contribution in [-0.4, -0.2) is 23.0 Å². The van der Waals surface area contributed by atoms with Gasteiger partial charge in [-0.3, -0.25) is 14.9 Å². The summed E-state index contributed by atoms with van der Waals surface area (Å²) >= 11 is 6.04. The summed E-state index contributed by atoms with van der Waals surface area (Å²) in [6, 6.07) is 3.07. The Kier molecular flexibility index (Phi) is 8.16. The van der Waals surface area contributed by atoms with Crippen molar-refractivity contribution in [3.63, 3.8) is 0 Å². The Morgan fingerprint density at radius 1 is 1.24 bits per heavy atom. The van der Waals surface area contributed by atoms with E-state index in [4.69, 9.17) is 16.3 Å². The Balaban J connectivity index is 2.30. The Labute approximate surface area is 154 Å². The van der Waals surface area contributed by atoms with Gasteiger partial charge >= 0.3 is 5.97 Å². The maximum Gasteiger partial charge on any atom is 0.306 e. The number of halogens is 1. The van der Waals surface area contributed by atoms with Gasteiger partial charge in [-0.25, -0.2) is 0 Å². The number of nitro benzene ring substituents is 1. The van der Waals surface area contributed by atoms with E-state index in [0.29, 0.717) is 29.2 Å². The van der Waals surface area contributed by atoms with E-state index in [2.05, 4.69) is 5.32 Å². The van der Waals surface area contributed by atoms with Crippen molar-refractivity contribution in [2.45, 2.75) is 65.4 Å². The Hall–Kier alpha value is -1.82. The molecule has 1 N–H and O–H groups in total. The molecule has 140 valence electrons. The Morgan fingerprint density at radius 3 is 2.48 bits per heavy atom.